The standard InChI is InChI=1S/C27H27N3O5S.C2H6/c1-14(15-7-8-15)16-9-10-17-21(13-16)35-26(2)18-5-4-6-19(28)23(18)24(31)27(17,26)30-25(32)20-11-12-22(29-20)36(3,33)34;1-2/h4-6,9-15,29H,7-8,28H2,1-3H3,(H,30,32);1-2H3/t14-,26-,27-;/m1./s1. The Morgan fingerprint density at radius 1 is 1.13 bits per heavy atom. The number of ketones is 1. The number of hydrogen-bond acceptors (Lipinski definition) is 6. The van der Waals surface area contributed by atoms with Gasteiger partial charge in [0.05, 0.1) is 5.56 Å². The van der Waals surface area contributed by atoms with Crippen molar-refractivity contribution >= 4 is 27.2 Å². The fourth-order valence-corrected chi connectivity index (χ4v) is 6.46. The van der Waals surface area contributed by atoms with E-state index in [1.54, 1.807) is 25.1 Å². The minimum Gasteiger partial charge on any atom is -0.479 e. The second-order valence-corrected chi connectivity index (χ2v) is 12.3. The van der Waals surface area contributed by atoms with Gasteiger partial charge in [0.1, 0.15) is 16.5 Å². The van der Waals surface area contributed by atoms with Crippen LogP contribution >= 0.6 is 0 Å². The highest BCUT2D eigenvalue weighted by Crippen LogP contribution is 2.60. The summed E-state index contributed by atoms with van der Waals surface area (Å²) in [6, 6.07) is 13.8. The first-order chi connectivity index (χ1) is 18.0. The molecule has 6 rings (SSSR count). The number of carbonyl (C=O) groups excluding carboxylic acids is 2. The fraction of sp³-hybridized carbons (Fsp3) is 0.379. The van der Waals surface area contributed by atoms with E-state index in [9.17, 15) is 18.0 Å². The van der Waals surface area contributed by atoms with Crippen LogP contribution in [-0.2, 0) is 21.0 Å². The van der Waals surface area contributed by atoms with E-state index in [2.05, 4.69) is 17.2 Å². The van der Waals surface area contributed by atoms with Gasteiger partial charge in [-0.25, -0.2) is 8.42 Å². The normalized spacial score (nSPS) is 23.9. The largest absolute Gasteiger partial charge is 0.479 e. The Labute approximate surface area is 222 Å². The van der Waals surface area contributed by atoms with E-state index in [1.807, 2.05) is 32.0 Å². The molecule has 2 aromatic carbocycles. The molecule has 0 saturated heterocycles. The molecule has 1 amide bonds. The van der Waals surface area contributed by atoms with Crippen molar-refractivity contribution in [2.24, 2.45) is 5.92 Å². The molecule has 1 fully saturated rings. The maximum absolute atomic E-state index is 14.2. The molecule has 0 radical (unpaired) electrons. The molecular formula is C29H33N3O5S. The Morgan fingerprint density at radius 3 is 2.47 bits per heavy atom. The number of hydrogen-bond donors (Lipinski definition) is 3. The van der Waals surface area contributed by atoms with Gasteiger partial charge in [-0.1, -0.05) is 45.0 Å². The lowest BCUT2D eigenvalue weighted by atomic mass is 9.76. The summed E-state index contributed by atoms with van der Waals surface area (Å²) in [6.45, 7) is 7.98. The highest BCUT2D eigenvalue weighted by atomic mass is 32.2. The van der Waals surface area contributed by atoms with Crippen LogP contribution in [0.1, 0.15) is 84.0 Å². The van der Waals surface area contributed by atoms with E-state index in [0.29, 0.717) is 40.0 Å². The molecule has 38 heavy (non-hydrogen) atoms. The molecular weight excluding hydrogens is 502 g/mol. The first-order valence-corrected chi connectivity index (χ1v) is 14.9. The summed E-state index contributed by atoms with van der Waals surface area (Å²) in [5.74, 6) is 0.579. The molecule has 1 aliphatic heterocycles. The number of ether oxygens (including phenoxy) is 1. The van der Waals surface area contributed by atoms with Gasteiger partial charge in [-0.3, -0.25) is 9.59 Å². The summed E-state index contributed by atoms with van der Waals surface area (Å²) in [4.78, 5) is 30.3. The van der Waals surface area contributed by atoms with Gasteiger partial charge in [0.2, 0.25) is 0 Å². The van der Waals surface area contributed by atoms with Gasteiger partial charge in [0.25, 0.3) is 5.91 Å². The van der Waals surface area contributed by atoms with Crippen LogP contribution < -0.4 is 15.8 Å². The van der Waals surface area contributed by atoms with Gasteiger partial charge in [-0.05, 0) is 61.4 Å². The van der Waals surface area contributed by atoms with E-state index >= 15 is 0 Å². The lowest BCUT2D eigenvalue weighted by Gasteiger charge is -2.36. The molecule has 4 N–H and O–H groups in total. The van der Waals surface area contributed by atoms with Crippen LogP contribution in [-0.4, -0.2) is 31.3 Å². The van der Waals surface area contributed by atoms with Crippen molar-refractivity contribution in [2.75, 3.05) is 12.0 Å². The van der Waals surface area contributed by atoms with Crippen LogP contribution in [0.25, 0.3) is 0 Å². The number of anilines is 1. The van der Waals surface area contributed by atoms with Gasteiger partial charge in [0, 0.05) is 23.1 Å². The summed E-state index contributed by atoms with van der Waals surface area (Å²) in [5, 5.41) is 2.86. The van der Waals surface area contributed by atoms with Gasteiger partial charge >= 0.3 is 0 Å². The van der Waals surface area contributed by atoms with Crippen molar-refractivity contribution in [3.8, 4) is 5.75 Å². The molecule has 3 atom stereocenters. The third-order valence-electron chi connectivity index (χ3n) is 8.08. The van der Waals surface area contributed by atoms with Crippen LogP contribution in [0.4, 0.5) is 5.69 Å². The Morgan fingerprint density at radius 2 is 1.84 bits per heavy atom. The quantitative estimate of drug-likeness (QED) is 0.407. The molecule has 2 aliphatic carbocycles. The summed E-state index contributed by atoms with van der Waals surface area (Å²) in [7, 11) is -3.54. The molecule has 0 unspecified atom stereocenters. The zero-order chi connectivity index (χ0) is 27.6. The maximum Gasteiger partial charge on any atom is 0.268 e. The SMILES string of the molecule is CC.C[C@@H](c1ccc2c(c1)O[C@]1(C)c3cccc(N)c3C(=O)[C@]21NC(=O)c1ccc(S(C)(=O)=O)[nH]1)C1CC1. The van der Waals surface area contributed by atoms with Crippen LogP contribution in [0.3, 0.4) is 0 Å². The summed E-state index contributed by atoms with van der Waals surface area (Å²) in [5.41, 5.74) is 6.36. The van der Waals surface area contributed by atoms with Gasteiger partial charge in [-0.15, -0.1) is 0 Å². The smallest absolute Gasteiger partial charge is 0.268 e. The van der Waals surface area contributed by atoms with Crippen molar-refractivity contribution in [3.05, 3.63) is 76.5 Å². The Hall–Kier alpha value is -3.59. The Kier molecular flexibility index (Phi) is 5.98. The summed E-state index contributed by atoms with van der Waals surface area (Å²) < 4.78 is 30.4. The molecule has 2 heterocycles. The second-order valence-electron chi connectivity index (χ2n) is 10.3. The van der Waals surface area contributed by atoms with Crippen LogP contribution in [0.5, 0.6) is 5.75 Å². The van der Waals surface area contributed by atoms with Crippen molar-refractivity contribution in [1.29, 1.82) is 0 Å². The average Bonchev–Trinajstić information content (AvgIpc) is 3.49. The lowest BCUT2D eigenvalue weighted by molar-refractivity contribution is 0.0242. The predicted molar refractivity (Wildman–Crippen MR) is 145 cm³/mol. The first kappa shape index (κ1) is 26.0. The molecule has 200 valence electrons. The average molecular weight is 536 g/mol. The third kappa shape index (κ3) is 3.59. The number of fused-ring (bicyclic) bond motifs is 5. The highest BCUT2D eigenvalue weighted by Gasteiger charge is 2.69. The number of aromatic nitrogens is 1. The molecule has 9 heteroatoms. The number of carbonyl (C=O) groups is 2. The van der Waals surface area contributed by atoms with Crippen molar-refractivity contribution in [1.82, 2.24) is 10.3 Å². The predicted octanol–water partition coefficient (Wildman–Crippen LogP) is 4.67. The first-order valence-electron chi connectivity index (χ1n) is 13.0. The van der Waals surface area contributed by atoms with Gasteiger partial charge in [0.15, 0.2) is 26.8 Å². The molecule has 0 spiro atoms. The highest BCUT2D eigenvalue weighted by molar-refractivity contribution is 7.90. The molecule has 3 aliphatic rings. The number of benzene rings is 2. The Balaban J connectivity index is 0.00000144. The molecule has 1 aromatic heterocycles. The number of amides is 1. The van der Waals surface area contributed by atoms with Crippen molar-refractivity contribution < 1.29 is 22.7 Å². The van der Waals surface area contributed by atoms with Gasteiger partial charge in [-0.2, -0.15) is 0 Å². The number of sulfone groups is 1. The lowest BCUT2D eigenvalue weighted by Crippen LogP contribution is -2.58. The van der Waals surface area contributed by atoms with E-state index in [-0.39, 0.29) is 16.5 Å². The van der Waals surface area contributed by atoms with Crippen molar-refractivity contribution in [2.45, 2.75) is 62.6 Å². The summed E-state index contributed by atoms with van der Waals surface area (Å²) in [6.07, 6.45) is 3.46. The fourth-order valence-electron chi connectivity index (χ4n) is 5.85. The zero-order valence-electron chi connectivity index (χ0n) is 22.2. The van der Waals surface area contributed by atoms with E-state index < -0.39 is 26.9 Å². The van der Waals surface area contributed by atoms with E-state index in [0.717, 1.165) is 11.8 Å². The number of aromatic amines is 1. The third-order valence-corrected chi connectivity index (χ3v) is 9.11. The van der Waals surface area contributed by atoms with Crippen LogP contribution in [0.15, 0.2) is 53.6 Å². The topological polar surface area (TPSA) is 131 Å². The Bertz CT molecular complexity index is 1570. The minimum absolute atomic E-state index is 0.0244. The van der Waals surface area contributed by atoms with E-state index in [1.165, 1.54) is 25.0 Å². The number of Topliss-reactive ketones (excluding diaryl/α,β-unsaturated/α-hetero) is 1. The molecule has 1 saturated carbocycles. The number of rotatable bonds is 5. The van der Waals surface area contributed by atoms with Crippen LogP contribution in [0, 0.1) is 5.92 Å². The number of nitrogens with two attached hydrogens (primary N) is 1. The van der Waals surface area contributed by atoms with Crippen LogP contribution in [0.2, 0.25) is 0 Å². The monoisotopic (exact) mass is 535 g/mol. The van der Waals surface area contributed by atoms with Gasteiger partial charge < -0.3 is 20.8 Å². The number of nitrogens with one attached hydrogen (secondary N) is 2. The molecule has 3 aromatic rings. The second kappa shape index (κ2) is 8.73. The zero-order valence-corrected chi connectivity index (χ0v) is 23.0. The molecule has 0 bridgehead atoms. The summed E-state index contributed by atoms with van der Waals surface area (Å²) >= 11 is 0. The van der Waals surface area contributed by atoms with Crippen molar-refractivity contribution in [3.63, 3.8) is 0 Å². The molecule has 8 nitrogen and oxygen atoms in total. The minimum atomic E-state index is -3.54. The number of nitrogen functional groups attached to an aromatic ring is 1. The maximum atomic E-state index is 14.2. The van der Waals surface area contributed by atoms with E-state index in [4.69, 9.17) is 10.5 Å². The number of H-pyrrole nitrogens is 1.